The van der Waals surface area contributed by atoms with Crippen molar-refractivity contribution in [3.8, 4) is 22.4 Å². The van der Waals surface area contributed by atoms with Crippen LogP contribution in [0.25, 0.3) is 55.2 Å². The molecule has 0 unspecified atom stereocenters. The first-order valence-corrected chi connectivity index (χ1v) is 10.7. The monoisotopic (exact) mass is 467 g/mol. The minimum Gasteiger partial charge on any atom is -0.455 e. The number of rotatable bonds is 2. The molecule has 2 nitrogen and oxygen atoms in total. The van der Waals surface area contributed by atoms with Crippen LogP contribution in [0.4, 0.5) is 4.39 Å². The highest BCUT2D eigenvalue weighted by Crippen LogP contribution is 2.40. The Morgan fingerprint density at radius 3 is 2.29 bits per heavy atom. The van der Waals surface area contributed by atoms with E-state index in [-0.39, 0.29) is 5.82 Å². The van der Waals surface area contributed by atoms with Gasteiger partial charge < -0.3 is 4.42 Å². The molecular formula is C27H15BrFNO. The van der Waals surface area contributed by atoms with Crippen molar-refractivity contribution < 1.29 is 8.81 Å². The third kappa shape index (κ3) is 3.03. The van der Waals surface area contributed by atoms with Crippen molar-refractivity contribution in [1.29, 1.82) is 0 Å². The summed E-state index contributed by atoms with van der Waals surface area (Å²) in [4.78, 5) is 4.95. The van der Waals surface area contributed by atoms with Crippen LogP contribution in [0.15, 0.2) is 99.9 Å². The van der Waals surface area contributed by atoms with Crippen molar-refractivity contribution in [1.82, 2.24) is 4.98 Å². The average molecular weight is 468 g/mol. The first kappa shape index (κ1) is 18.3. The molecule has 0 amide bonds. The number of halogens is 2. The molecule has 0 aliphatic heterocycles. The lowest BCUT2D eigenvalue weighted by molar-refractivity contribution is 0.628. The number of furan rings is 1. The van der Waals surface area contributed by atoms with Crippen LogP contribution in [0.3, 0.4) is 0 Å². The SMILES string of the molecule is Fc1ccc(-c2cc(-c3ccc(Br)cc3)nc3ccc4c5ccccc5oc4c23)cc1. The predicted octanol–water partition coefficient (Wildman–Crippen LogP) is 8.37. The lowest BCUT2D eigenvalue weighted by atomic mass is 9.97. The second kappa shape index (κ2) is 7.03. The second-order valence-electron chi connectivity index (χ2n) is 7.50. The van der Waals surface area contributed by atoms with Crippen molar-refractivity contribution in [2.45, 2.75) is 0 Å². The topological polar surface area (TPSA) is 26.0 Å². The van der Waals surface area contributed by atoms with Gasteiger partial charge in [0, 0.05) is 20.8 Å². The number of fused-ring (bicyclic) bond motifs is 5. The van der Waals surface area contributed by atoms with E-state index in [9.17, 15) is 4.39 Å². The summed E-state index contributed by atoms with van der Waals surface area (Å²) in [7, 11) is 0. The zero-order chi connectivity index (χ0) is 20.9. The summed E-state index contributed by atoms with van der Waals surface area (Å²) in [6.07, 6.45) is 0. The zero-order valence-electron chi connectivity index (χ0n) is 16.3. The number of nitrogens with zero attached hydrogens (tertiary/aromatic N) is 1. The molecule has 0 fully saturated rings. The highest BCUT2D eigenvalue weighted by atomic mass is 79.9. The summed E-state index contributed by atoms with van der Waals surface area (Å²) in [5, 5.41) is 3.05. The molecule has 0 spiro atoms. The smallest absolute Gasteiger partial charge is 0.145 e. The van der Waals surface area contributed by atoms with Crippen LogP contribution in [0.5, 0.6) is 0 Å². The summed E-state index contributed by atoms with van der Waals surface area (Å²) in [5.74, 6) is -0.260. The molecule has 4 heteroatoms. The molecule has 0 N–H and O–H groups in total. The summed E-state index contributed by atoms with van der Waals surface area (Å²) in [5.41, 5.74) is 6.23. The third-order valence-electron chi connectivity index (χ3n) is 5.61. The van der Waals surface area contributed by atoms with Crippen molar-refractivity contribution >= 4 is 48.8 Å². The van der Waals surface area contributed by atoms with E-state index in [1.807, 2.05) is 48.5 Å². The standard InChI is InChI=1S/C27H15BrFNO/c28-18-9-5-17(6-10-18)24-15-22(16-7-11-19(29)12-8-16)26-23(30-24)14-13-21-20-3-1-2-4-25(20)31-27(21)26/h1-15H. The van der Waals surface area contributed by atoms with Crippen LogP contribution in [0.2, 0.25) is 0 Å². The van der Waals surface area contributed by atoms with E-state index in [1.54, 1.807) is 12.1 Å². The van der Waals surface area contributed by atoms with Gasteiger partial charge in [-0.1, -0.05) is 58.4 Å². The number of pyridine rings is 1. The number of aromatic nitrogens is 1. The highest BCUT2D eigenvalue weighted by Gasteiger charge is 2.17. The van der Waals surface area contributed by atoms with Crippen LogP contribution < -0.4 is 0 Å². The Hall–Kier alpha value is -3.50. The Balaban J connectivity index is 1.73. The van der Waals surface area contributed by atoms with E-state index in [4.69, 9.17) is 9.40 Å². The predicted molar refractivity (Wildman–Crippen MR) is 128 cm³/mol. The van der Waals surface area contributed by atoms with Crippen LogP contribution in [0, 0.1) is 5.82 Å². The van der Waals surface area contributed by atoms with E-state index in [0.29, 0.717) is 0 Å². The summed E-state index contributed by atoms with van der Waals surface area (Å²) in [6, 6.07) is 28.8. The lowest BCUT2D eigenvalue weighted by Gasteiger charge is -2.11. The fourth-order valence-corrected chi connectivity index (χ4v) is 4.39. The van der Waals surface area contributed by atoms with Gasteiger partial charge in [0.15, 0.2) is 0 Å². The molecule has 0 bridgehead atoms. The maximum Gasteiger partial charge on any atom is 0.145 e. The fraction of sp³-hybridized carbons (Fsp3) is 0. The minimum absolute atomic E-state index is 0.260. The van der Waals surface area contributed by atoms with Gasteiger partial charge >= 0.3 is 0 Å². The highest BCUT2D eigenvalue weighted by molar-refractivity contribution is 9.10. The van der Waals surface area contributed by atoms with E-state index in [1.165, 1.54) is 12.1 Å². The van der Waals surface area contributed by atoms with Crippen molar-refractivity contribution in [2.24, 2.45) is 0 Å². The van der Waals surface area contributed by atoms with Crippen LogP contribution in [-0.2, 0) is 0 Å². The summed E-state index contributed by atoms with van der Waals surface area (Å²) >= 11 is 3.49. The van der Waals surface area contributed by atoms with Gasteiger partial charge in [0.25, 0.3) is 0 Å². The molecule has 0 atom stereocenters. The van der Waals surface area contributed by atoms with Crippen molar-refractivity contribution in [3.05, 3.63) is 101 Å². The van der Waals surface area contributed by atoms with Gasteiger partial charge in [-0.25, -0.2) is 9.37 Å². The third-order valence-corrected chi connectivity index (χ3v) is 6.14. The molecule has 6 aromatic rings. The number of hydrogen-bond donors (Lipinski definition) is 0. The van der Waals surface area contributed by atoms with Crippen LogP contribution >= 0.6 is 15.9 Å². The first-order chi connectivity index (χ1) is 15.2. The maximum atomic E-state index is 13.7. The van der Waals surface area contributed by atoms with E-state index < -0.39 is 0 Å². The van der Waals surface area contributed by atoms with Crippen LogP contribution in [0.1, 0.15) is 0 Å². The van der Waals surface area contributed by atoms with Crippen molar-refractivity contribution in [3.63, 3.8) is 0 Å². The Bertz CT molecular complexity index is 1580. The van der Waals surface area contributed by atoms with Gasteiger partial charge in [-0.2, -0.15) is 0 Å². The Labute approximate surface area is 186 Å². The van der Waals surface area contributed by atoms with E-state index >= 15 is 0 Å². The molecule has 0 saturated heterocycles. The second-order valence-corrected chi connectivity index (χ2v) is 8.42. The van der Waals surface area contributed by atoms with Gasteiger partial charge in [-0.3, -0.25) is 0 Å². The number of hydrogen-bond acceptors (Lipinski definition) is 2. The van der Waals surface area contributed by atoms with Gasteiger partial charge in [-0.05, 0) is 59.7 Å². The molecule has 31 heavy (non-hydrogen) atoms. The Morgan fingerprint density at radius 1 is 0.742 bits per heavy atom. The van der Waals surface area contributed by atoms with Gasteiger partial charge in [0.2, 0.25) is 0 Å². The normalized spacial score (nSPS) is 11.5. The average Bonchev–Trinajstić information content (AvgIpc) is 3.18. The first-order valence-electron chi connectivity index (χ1n) is 9.94. The quantitative estimate of drug-likeness (QED) is 0.255. The molecule has 148 valence electrons. The molecule has 2 heterocycles. The van der Waals surface area contributed by atoms with Gasteiger partial charge in [0.05, 0.1) is 16.6 Å². The zero-order valence-corrected chi connectivity index (χ0v) is 17.9. The number of para-hydroxylation sites is 1. The molecule has 0 aliphatic carbocycles. The van der Waals surface area contributed by atoms with Crippen LogP contribution in [-0.4, -0.2) is 4.98 Å². The lowest BCUT2D eigenvalue weighted by Crippen LogP contribution is -1.91. The molecule has 4 aromatic carbocycles. The molecule has 0 radical (unpaired) electrons. The Morgan fingerprint density at radius 2 is 1.48 bits per heavy atom. The summed E-state index contributed by atoms with van der Waals surface area (Å²) < 4.78 is 21.0. The minimum atomic E-state index is -0.260. The fourth-order valence-electron chi connectivity index (χ4n) is 4.13. The summed E-state index contributed by atoms with van der Waals surface area (Å²) in [6.45, 7) is 0. The van der Waals surface area contributed by atoms with E-state index in [0.717, 1.165) is 59.7 Å². The van der Waals surface area contributed by atoms with Gasteiger partial charge in [0.1, 0.15) is 17.0 Å². The largest absolute Gasteiger partial charge is 0.455 e. The molecular weight excluding hydrogens is 453 g/mol. The molecule has 0 aliphatic rings. The molecule has 2 aromatic heterocycles. The molecule has 0 saturated carbocycles. The molecule has 6 rings (SSSR count). The maximum absolute atomic E-state index is 13.7. The van der Waals surface area contributed by atoms with Crippen molar-refractivity contribution in [2.75, 3.05) is 0 Å². The number of benzene rings is 4. The van der Waals surface area contributed by atoms with E-state index in [2.05, 4.69) is 34.1 Å². The Kier molecular flexibility index (Phi) is 4.15. The van der Waals surface area contributed by atoms with Gasteiger partial charge in [-0.15, -0.1) is 0 Å².